The second kappa shape index (κ2) is 12.7. The number of hydrogen-bond acceptors (Lipinski definition) is 4. The quantitative estimate of drug-likeness (QED) is 0.302. The third-order valence-corrected chi connectivity index (χ3v) is 4.47. The minimum Gasteiger partial charge on any atom is -0.489 e. The van der Waals surface area contributed by atoms with Crippen molar-refractivity contribution in [3.05, 3.63) is 54.2 Å². The summed E-state index contributed by atoms with van der Waals surface area (Å²) in [6, 6.07) is 9.98. The summed E-state index contributed by atoms with van der Waals surface area (Å²) in [5, 5.41) is 6.72. The Kier molecular flexibility index (Phi) is 10.3. The lowest BCUT2D eigenvalue weighted by Crippen LogP contribution is -2.41. The van der Waals surface area contributed by atoms with Crippen molar-refractivity contribution in [2.45, 2.75) is 25.9 Å². The van der Waals surface area contributed by atoms with Crippen LogP contribution in [0.1, 0.15) is 19.1 Å². The molecule has 2 N–H and O–H groups in total. The first kappa shape index (κ1) is 23.5. The van der Waals surface area contributed by atoms with Crippen molar-refractivity contribution in [2.24, 2.45) is 10.9 Å². The lowest BCUT2D eigenvalue weighted by Gasteiger charge is -2.17. The Morgan fingerprint density at radius 2 is 2.21 bits per heavy atom. The van der Waals surface area contributed by atoms with Gasteiger partial charge in [0.25, 0.3) is 0 Å². The highest BCUT2D eigenvalue weighted by atomic mass is 127. The molecule has 29 heavy (non-hydrogen) atoms. The number of guanidine groups is 1. The normalized spacial score (nSPS) is 17.4. The predicted octanol–water partition coefficient (Wildman–Crippen LogP) is 3.62. The molecule has 0 spiro atoms. The van der Waals surface area contributed by atoms with Gasteiger partial charge in [0.1, 0.15) is 23.4 Å². The van der Waals surface area contributed by atoms with Crippen LogP contribution >= 0.6 is 24.0 Å². The van der Waals surface area contributed by atoms with Crippen LogP contribution in [-0.2, 0) is 11.2 Å². The molecule has 2 aromatic rings. The van der Waals surface area contributed by atoms with Gasteiger partial charge < -0.3 is 24.5 Å². The molecular weight excluding hydrogens is 488 g/mol. The van der Waals surface area contributed by atoms with Crippen molar-refractivity contribution in [1.29, 1.82) is 0 Å². The average molecular weight is 517 g/mol. The van der Waals surface area contributed by atoms with Crippen LogP contribution in [0, 0.1) is 11.7 Å². The molecule has 1 saturated heterocycles. The zero-order valence-electron chi connectivity index (χ0n) is 16.6. The van der Waals surface area contributed by atoms with Gasteiger partial charge in [-0.2, -0.15) is 0 Å². The Morgan fingerprint density at radius 1 is 1.31 bits per heavy atom. The van der Waals surface area contributed by atoms with Crippen LogP contribution in [0.15, 0.2) is 52.1 Å². The minimum absolute atomic E-state index is 0. The van der Waals surface area contributed by atoms with Crippen LogP contribution < -0.4 is 15.4 Å². The van der Waals surface area contributed by atoms with Crippen molar-refractivity contribution in [2.75, 3.05) is 32.8 Å². The number of rotatable bonds is 9. The fraction of sp³-hybridized carbons (Fsp3) is 0.476. The molecule has 0 bridgehead atoms. The molecule has 1 fully saturated rings. The maximum atomic E-state index is 13.3. The maximum Gasteiger partial charge on any atom is 0.191 e. The molecule has 1 aromatic heterocycles. The van der Waals surface area contributed by atoms with Crippen molar-refractivity contribution >= 4 is 29.9 Å². The topological polar surface area (TPSA) is 68.0 Å². The first-order valence-corrected chi connectivity index (χ1v) is 9.73. The SMILES string of the molecule is CC(CN=C(NCCc1ccco1)NCC1CCOC1)Oc1cccc(F)c1.I. The van der Waals surface area contributed by atoms with Gasteiger partial charge in [0.2, 0.25) is 0 Å². The van der Waals surface area contributed by atoms with E-state index >= 15 is 0 Å². The average Bonchev–Trinajstić information content (AvgIpc) is 3.37. The summed E-state index contributed by atoms with van der Waals surface area (Å²) >= 11 is 0. The van der Waals surface area contributed by atoms with E-state index in [1.165, 1.54) is 12.1 Å². The van der Waals surface area contributed by atoms with Crippen LogP contribution in [0.4, 0.5) is 4.39 Å². The summed E-state index contributed by atoms with van der Waals surface area (Å²) in [7, 11) is 0. The van der Waals surface area contributed by atoms with Crippen LogP contribution in [0.25, 0.3) is 0 Å². The highest BCUT2D eigenvalue weighted by molar-refractivity contribution is 14.0. The fourth-order valence-corrected chi connectivity index (χ4v) is 2.95. The number of halogens is 2. The standard InChI is InChI=1S/C21H28FN3O3.HI/c1-16(28-20-5-2-4-18(22)12-20)13-24-21(25-14-17-8-11-26-15-17)23-9-7-19-6-3-10-27-19;/h2-6,10,12,16-17H,7-9,11,13-15H2,1H3,(H2,23,24,25);1H. The van der Waals surface area contributed by atoms with Crippen LogP contribution in [-0.4, -0.2) is 44.9 Å². The number of furan rings is 1. The summed E-state index contributed by atoms with van der Waals surface area (Å²) in [5.74, 6) is 2.35. The largest absolute Gasteiger partial charge is 0.489 e. The van der Waals surface area contributed by atoms with Crippen molar-refractivity contribution < 1.29 is 18.3 Å². The van der Waals surface area contributed by atoms with E-state index in [0.29, 0.717) is 24.8 Å². The summed E-state index contributed by atoms with van der Waals surface area (Å²) in [5.41, 5.74) is 0. The van der Waals surface area contributed by atoms with E-state index in [2.05, 4.69) is 15.6 Å². The van der Waals surface area contributed by atoms with E-state index in [1.54, 1.807) is 18.4 Å². The van der Waals surface area contributed by atoms with Crippen molar-refractivity contribution in [1.82, 2.24) is 10.6 Å². The zero-order valence-corrected chi connectivity index (χ0v) is 18.9. The Labute approximate surface area is 188 Å². The molecule has 6 nitrogen and oxygen atoms in total. The molecule has 0 amide bonds. The van der Waals surface area contributed by atoms with Gasteiger partial charge in [0.05, 0.1) is 19.4 Å². The molecule has 1 aliphatic rings. The number of nitrogens with one attached hydrogen (secondary N) is 2. The third kappa shape index (κ3) is 8.61. The number of ether oxygens (including phenoxy) is 2. The molecular formula is C21H29FIN3O3. The Balaban J connectivity index is 0.00000300. The molecule has 1 aliphatic heterocycles. The second-order valence-electron chi connectivity index (χ2n) is 6.94. The van der Waals surface area contributed by atoms with E-state index < -0.39 is 0 Å². The number of benzene rings is 1. The van der Waals surface area contributed by atoms with E-state index in [1.807, 2.05) is 19.1 Å². The van der Waals surface area contributed by atoms with E-state index in [9.17, 15) is 4.39 Å². The lowest BCUT2D eigenvalue weighted by atomic mass is 10.1. The molecule has 0 aliphatic carbocycles. The van der Waals surface area contributed by atoms with Crippen LogP contribution in [0.5, 0.6) is 5.75 Å². The molecule has 2 heterocycles. The molecule has 2 unspecified atom stereocenters. The second-order valence-corrected chi connectivity index (χ2v) is 6.94. The lowest BCUT2D eigenvalue weighted by molar-refractivity contribution is 0.186. The predicted molar refractivity (Wildman–Crippen MR) is 122 cm³/mol. The molecule has 2 atom stereocenters. The summed E-state index contributed by atoms with van der Waals surface area (Å²) in [6.45, 7) is 5.49. The molecule has 1 aromatic carbocycles. The minimum atomic E-state index is -0.311. The molecule has 8 heteroatoms. The van der Waals surface area contributed by atoms with Crippen LogP contribution in [0.2, 0.25) is 0 Å². The monoisotopic (exact) mass is 517 g/mol. The summed E-state index contributed by atoms with van der Waals surface area (Å²) in [6.07, 6.45) is 3.33. The van der Waals surface area contributed by atoms with Gasteiger partial charge >= 0.3 is 0 Å². The van der Waals surface area contributed by atoms with Gasteiger partial charge in [-0.05, 0) is 37.6 Å². The first-order valence-electron chi connectivity index (χ1n) is 9.73. The highest BCUT2D eigenvalue weighted by Crippen LogP contribution is 2.14. The van der Waals surface area contributed by atoms with Crippen LogP contribution in [0.3, 0.4) is 0 Å². The van der Waals surface area contributed by atoms with Gasteiger partial charge in [0, 0.05) is 38.1 Å². The Morgan fingerprint density at radius 3 is 2.93 bits per heavy atom. The highest BCUT2D eigenvalue weighted by Gasteiger charge is 2.16. The van der Waals surface area contributed by atoms with Gasteiger partial charge in [0.15, 0.2) is 5.96 Å². The number of aliphatic imine (C=N–C) groups is 1. The van der Waals surface area contributed by atoms with E-state index in [0.717, 1.165) is 44.3 Å². The van der Waals surface area contributed by atoms with Gasteiger partial charge in [-0.15, -0.1) is 24.0 Å². The summed E-state index contributed by atoms with van der Waals surface area (Å²) in [4.78, 5) is 4.63. The maximum absolute atomic E-state index is 13.3. The smallest absolute Gasteiger partial charge is 0.191 e. The fourth-order valence-electron chi connectivity index (χ4n) is 2.95. The first-order chi connectivity index (χ1) is 13.7. The van der Waals surface area contributed by atoms with Gasteiger partial charge in [-0.1, -0.05) is 6.07 Å². The zero-order chi connectivity index (χ0) is 19.6. The number of nitrogens with zero attached hydrogens (tertiary/aromatic N) is 1. The van der Waals surface area contributed by atoms with Crippen molar-refractivity contribution in [3.8, 4) is 5.75 Å². The van der Waals surface area contributed by atoms with E-state index in [-0.39, 0.29) is 35.9 Å². The van der Waals surface area contributed by atoms with Crippen molar-refractivity contribution in [3.63, 3.8) is 0 Å². The molecule has 3 rings (SSSR count). The Hall–Kier alpha value is -1.81. The Bertz CT molecular complexity index is 737. The summed E-state index contributed by atoms with van der Waals surface area (Å²) < 4.78 is 29.8. The van der Waals surface area contributed by atoms with Gasteiger partial charge in [-0.25, -0.2) is 9.38 Å². The molecule has 0 radical (unpaired) electrons. The third-order valence-electron chi connectivity index (χ3n) is 4.47. The molecule has 160 valence electrons. The van der Waals surface area contributed by atoms with Gasteiger partial charge in [-0.3, -0.25) is 0 Å². The molecule has 0 saturated carbocycles. The van der Waals surface area contributed by atoms with E-state index in [4.69, 9.17) is 13.9 Å². The number of hydrogen-bond donors (Lipinski definition) is 2.